The van der Waals surface area contributed by atoms with Crippen LogP contribution in [-0.4, -0.2) is 15.9 Å². The predicted molar refractivity (Wildman–Crippen MR) is 76.2 cm³/mol. The largest absolute Gasteiger partial charge is 0.318 e. The van der Waals surface area contributed by atoms with E-state index in [1.165, 1.54) is 12.3 Å². The lowest BCUT2D eigenvalue weighted by Gasteiger charge is -2.09. The van der Waals surface area contributed by atoms with E-state index >= 15 is 0 Å². The van der Waals surface area contributed by atoms with Crippen LogP contribution in [0.2, 0.25) is 15.3 Å². The Labute approximate surface area is 124 Å². The maximum atomic E-state index is 12.0. The lowest BCUT2D eigenvalue weighted by atomic mass is 10.2. The second-order valence-corrected chi connectivity index (χ2v) is 4.93. The minimum atomic E-state index is -0.397. The molecule has 2 aromatic heterocycles. The van der Waals surface area contributed by atoms with Gasteiger partial charge in [-0.1, -0.05) is 34.8 Å². The van der Waals surface area contributed by atoms with Crippen LogP contribution < -0.4 is 5.32 Å². The smallest absolute Gasteiger partial charge is 0.274 e. The Hall–Kier alpha value is -1.36. The number of halogens is 3. The molecule has 19 heavy (non-hydrogen) atoms. The Morgan fingerprint density at radius 3 is 2.58 bits per heavy atom. The first kappa shape index (κ1) is 14.1. The molecular formula is C12H8Cl3N3O. The average molecular weight is 317 g/mol. The zero-order valence-corrected chi connectivity index (χ0v) is 12.0. The van der Waals surface area contributed by atoms with Gasteiger partial charge in [0.25, 0.3) is 5.91 Å². The van der Waals surface area contributed by atoms with Crippen molar-refractivity contribution in [2.24, 2.45) is 0 Å². The molecule has 2 heterocycles. The first-order valence-electron chi connectivity index (χ1n) is 5.23. The van der Waals surface area contributed by atoms with Gasteiger partial charge in [0.1, 0.15) is 10.8 Å². The molecule has 0 atom stereocenters. The summed E-state index contributed by atoms with van der Waals surface area (Å²) in [6.07, 6.45) is 1.39. The second kappa shape index (κ2) is 5.74. The van der Waals surface area contributed by atoms with Crippen LogP contribution in [0.5, 0.6) is 0 Å². The average Bonchev–Trinajstić information content (AvgIpc) is 2.34. The quantitative estimate of drug-likeness (QED) is 0.852. The Morgan fingerprint density at radius 1 is 1.26 bits per heavy atom. The molecule has 1 amide bonds. The molecular weight excluding hydrogens is 309 g/mol. The second-order valence-electron chi connectivity index (χ2n) is 3.74. The van der Waals surface area contributed by atoms with Crippen molar-refractivity contribution >= 4 is 46.4 Å². The van der Waals surface area contributed by atoms with Gasteiger partial charge >= 0.3 is 0 Å². The fourth-order valence-corrected chi connectivity index (χ4v) is 2.12. The van der Waals surface area contributed by atoms with Gasteiger partial charge in [-0.15, -0.1) is 0 Å². The van der Waals surface area contributed by atoms with Crippen molar-refractivity contribution < 1.29 is 4.79 Å². The van der Waals surface area contributed by atoms with Gasteiger partial charge in [0.15, 0.2) is 5.15 Å². The number of anilines is 1. The number of hydrogen-bond acceptors (Lipinski definition) is 3. The van der Waals surface area contributed by atoms with E-state index in [0.717, 1.165) is 0 Å². The highest BCUT2D eigenvalue weighted by molar-refractivity contribution is 6.35. The highest BCUT2D eigenvalue weighted by atomic mass is 35.5. The third kappa shape index (κ3) is 3.35. The van der Waals surface area contributed by atoms with E-state index in [4.69, 9.17) is 34.8 Å². The molecule has 0 spiro atoms. The van der Waals surface area contributed by atoms with E-state index in [2.05, 4.69) is 15.3 Å². The predicted octanol–water partition coefficient (Wildman–Crippen LogP) is 4.00. The first-order valence-corrected chi connectivity index (χ1v) is 6.36. The number of aromatic nitrogens is 2. The number of hydrogen-bond donors (Lipinski definition) is 1. The molecule has 2 aromatic rings. The molecule has 0 fully saturated rings. The van der Waals surface area contributed by atoms with Crippen molar-refractivity contribution in [2.45, 2.75) is 6.92 Å². The minimum absolute atomic E-state index is 0.132. The summed E-state index contributed by atoms with van der Waals surface area (Å²) in [6.45, 7) is 1.77. The first-order chi connectivity index (χ1) is 8.97. The molecule has 0 unspecified atom stereocenters. The van der Waals surface area contributed by atoms with Crippen LogP contribution in [0.1, 0.15) is 16.1 Å². The Balaban J connectivity index is 2.26. The molecule has 7 heteroatoms. The van der Waals surface area contributed by atoms with Gasteiger partial charge in [-0.2, -0.15) is 0 Å². The maximum Gasteiger partial charge on any atom is 0.274 e. The summed E-state index contributed by atoms with van der Waals surface area (Å²) in [7, 11) is 0. The zero-order valence-electron chi connectivity index (χ0n) is 9.75. The molecule has 0 aromatic carbocycles. The number of amides is 1. The molecule has 2 rings (SSSR count). The SMILES string of the molecule is Cc1cc(Cl)nc(Cl)c1NC(=O)c1ccc(Cl)cn1. The number of nitrogens with zero attached hydrogens (tertiary/aromatic N) is 2. The van der Waals surface area contributed by atoms with Crippen LogP contribution >= 0.6 is 34.8 Å². The fourth-order valence-electron chi connectivity index (χ4n) is 1.43. The summed E-state index contributed by atoms with van der Waals surface area (Å²) in [6, 6.07) is 4.71. The molecule has 4 nitrogen and oxygen atoms in total. The number of aryl methyl sites for hydroxylation is 1. The topological polar surface area (TPSA) is 54.9 Å². The van der Waals surface area contributed by atoms with E-state index in [0.29, 0.717) is 16.3 Å². The third-order valence-electron chi connectivity index (χ3n) is 2.34. The summed E-state index contributed by atoms with van der Waals surface area (Å²) in [5, 5.41) is 3.50. The highest BCUT2D eigenvalue weighted by Gasteiger charge is 2.13. The lowest BCUT2D eigenvalue weighted by molar-refractivity contribution is 0.102. The molecule has 0 aliphatic rings. The number of pyridine rings is 2. The highest BCUT2D eigenvalue weighted by Crippen LogP contribution is 2.26. The Morgan fingerprint density at radius 2 is 2.00 bits per heavy atom. The minimum Gasteiger partial charge on any atom is -0.318 e. The van der Waals surface area contributed by atoms with Gasteiger partial charge in [-0.3, -0.25) is 4.79 Å². The van der Waals surface area contributed by atoms with Gasteiger partial charge in [0.05, 0.1) is 10.7 Å². The monoisotopic (exact) mass is 315 g/mol. The summed E-state index contributed by atoms with van der Waals surface area (Å²) in [5.41, 5.74) is 1.36. The molecule has 0 radical (unpaired) electrons. The van der Waals surface area contributed by atoms with Gasteiger partial charge in [0.2, 0.25) is 0 Å². The van der Waals surface area contributed by atoms with E-state index in [-0.39, 0.29) is 16.0 Å². The number of carbonyl (C=O) groups is 1. The standard InChI is InChI=1S/C12H8Cl3N3O/c1-6-4-9(14)17-11(15)10(6)18-12(19)8-3-2-7(13)5-16-8/h2-5H,1H3,(H,18,19). The van der Waals surface area contributed by atoms with Crippen LogP contribution in [0.25, 0.3) is 0 Å². The normalized spacial score (nSPS) is 10.3. The van der Waals surface area contributed by atoms with Crippen molar-refractivity contribution in [1.29, 1.82) is 0 Å². The molecule has 1 N–H and O–H groups in total. The molecule has 0 saturated carbocycles. The molecule has 98 valence electrons. The van der Waals surface area contributed by atoms with Gasteiger partial charge in [-0.25, -0.2) is 9.97 Å². The summed E-state index contributed by atoms with van der Waals surface area (Å²) < 4.78 is 0. The van der Waals surface area contributed by atoms with Crippen LogP contribution in [0.3, 0.4) is 0 Å². The van der Waals surface area contributed by atoms with Crippen molar-refractivity contribution in [3.05, 3.63) is 51.0 Å². The third-order valence-corrected chi connectivity index (χ3v) is 3.03. The van der Waals surface area contributed by atoms with E-state index in [9.17, 15) is 4.79 Å². The van der Waals surface area contributed by atoms with E-state index in [1.54, 1.807) is 19.1 Å². The van der Waals surface area contributed by atoms with Crippen LogP contribution in [0.4, 0.5) is 5.69 Å². The van der Waals surface area contributed by atoms with Gasteiger partial charge in [-0.05, 0) is 30.7 Å². The lowest BCUT2D eigenvalue weighted by Crippen LogP contribution is -2.15. The Bertz CT molecular complexity index is 606. The van der Waals surface area contributed by atoms with E-state index < -0.39 is 5.91 Å². The van der Waals surface area contributed by atoms with Gasteiger partial charge < -0.3 is 5.32 Å². The fraction of sp³-hybridized carbons (Fsp3) is 0.0833. The van der Waals surface area contributed by atoms with Crippen LogP contribution in [0.15, 0.2) is 24.4 Å². The molecule has 0 aliphatic carbocycles. The van der Waals surface area contributed by atoms with Gasteiger partial charge in [0, 0.05) is 6.20 Å². The number of carbonyl (C=O) groups excluding carboxylic acids is 1. The van der Waals surface area contributed by atoms with Crippen molar-refractivity contribution in [2.75, 3.05) is 5.32 Å². The number of rotatable bonds is 2. The van der Waals surface area contributed by atoms with Crippen molar-refractivity contribution in [3.8, 4) is 0 Å². The summed E-state index contributed by atoms with van der Waals surface area (Å²) in [4.78, 5) is 19.8. The maximum absolute atomic E-state index is 12.0. The number of nitrogens with one attached hydrogen (secondary N) is 1. The zero-order chi connectivity index (χ0) is 14.0. The van der Waals surface area contributed by atoms with E-state index in [1.807, 2.05) is 0 Å². The Kier molecular flexibility index (Phi) is 4.24. The van der Waals surface area contributed by atoms with Crippen molar-refractivity contribution in [1.82, 2.24) is 9.97 Å². The van der Waals surface area contributed by atoms with Crippen LogP contribution in [0, 0.1) is 6.92 Å². The summed E-state index contributed by atoms with van der Waals surface area (Å²) >= 11 is 17.4. The summed E-state index contributed by atoms with van der Waals surface area (Å²) in [5.74, 6) is -0.397. The van der Waals surface area contributed by atoms with Crippen LogP contribution in [-0.2, 0) is 0 Å². The van der Waals surface area contributed by atoms with Crippen molar-refractivity contribution in [3.63, 3.8) is 0 Å². The molecule has 0 bridgehead atoms. The molecule has 0 saturated heterocycles. The molecule has 0 aliphatic heterocycles.